The SMILES string of the molecule is COc1ccc(CN2CC(O)(c3ccccc3Br)C2)c(Br)c1O. The number of aliphatic hydroxyl groups is 1. The predicted octanol–water partition coefficient (Wildman–Crippen LogP) is 3.63. The van der Waals surface area contributed by atoms with Gasteiger partial charge in [0, 0.05) is 29.7 Å². The highest BCUT2D eigenvalue weighted by atomic mass is 79.9. The summed E-state index contributed by atoms with van der Waals surface area (Å²) in [5, 5.41) is 20.8. The first-order chi connectivity index (χ1) is 10.9. The quantitative estimate of drug-likeness (QED) is 0.759. The van der Waals surface area contributed by atoms with E-state index in [9.17, 15) is 10.2 Å². The third kappa shape index (κ3) is 3.13. The Kier molecular flexibility index (Phi) is 4.69. The highest BCUT2D eigenvalue weighted by Crippen LogP contribution is 2.40. The van der Waals surface area contributed by atoms with Crippen molar-refractivity contribution in [2.45, 2.75) is 12.1 Å². The number of aromatic hydroxyl groups is 1. The van der Waals surface area contributed by atoms with Gasteiger partial charge in [0.25, 0.3) is 0 Å². The summed E-state index contributed by atoms with van der Waals surface area (Å²) in [6.07, 6.45) is 0. The second kappa shape index (κ2) is 6.43. The van der Waals surface area contributed by atoms with Gasteiger partial charge in [-0.25, -0.2) is 0 Å². The van der Waals surface area contributed by atoms with E-state index in [-0.39, 0.29) is 5.75 Å². The smallest absolute Gasteiger partial charge is 0.172 e. The molecule has 0 unspecified atom stereocenters. The molecule has 0 saturated carbocycles. The second-order valence-electron chi connectivity index (χ2n) is 5.75. The molecular formula is C17H17Br2NO3. The summed E-state index contributed by atoms with van der Waals surface area (Å²) in [6, 6.07) is 11.4. The Balaban J connectivity index is 1.71. The fourth-order valence-corrected chi connectivity index (χ4v) is 4.04. The maximum Gasteiger partial charge on any atom is 0.172 e. The molecule has 1 heterocycles. The lowest BCUT2D eigenvalue weighted by molar-refractivity contribution is -0.108. The maximum atomic E-state index is 10.8. The average molecular weight is 443 g/mol. The molecule has 0 aromatic heterocycles. The molecule has 122 valence electrons. The van der Waals surface area contributed by atoms with Gasteiger partial charge >= 0.3 is 0 Å². The Morgan fingerprint density at radius 1 is 1.17 bits per heavy atom. The molecule has 1 fully saturated rings. The first-order valence-electron chi connectivity index (χ1n) is 7.18. The number of phenolic OH excluding ortho intramolecular Hbond substituents is 1. The zero-order chi connectivity index (χ0) is 16.6. The van der Waals surface area contributed by atoms with Crippen LogP contribution in [-0.2, 0) is 12.1 Å². The molecular weight excluding hydrogens is 426 g/mol. The van der Waals surface area contributed by atoms with E-state index >= 15 is 0 Å². The summed E-state index contributed by atoms with van der Waals surface area (Å²) in [4.78, 5) is 2.13. The van der Waals surface area contributed by atoms with E-state index in [2.05, 4.69) is 36.8 Å². The molecule has 0 aliphatic carbocycles. The van der Waals surface area contributed by atoms with Crippen LogP contribution in [0.5, 0.6) is 11.5 Å². The van der Waals surface area contributed by atoms with Crippen LogP contribution in [0.2, 0.25) is 0 Å². The van der Waals surface area contributed by atoms with Gasteiger partial charge in [0.1, 0.15) is 5.60 Å². The highest BCUT2D eigenvalue weighted by Gasteiger charge is 2.43. The number of methoxy groups -OCH3 is 1. The van der Waals surface area contributed by atoms with Gasteiger partial charge in [0.15, 0.2) is 11.5 Å². The van der Waals surface area contributed by atoms with Gasteiger partial charge in [-0.1, -0.05) is 40.2 Å². The fraction of sp³-hybridized carbons (Fsp3) is 0.294. The third-order valence-corrected chi connectivity index (χ3v) is 5.69. The summed E-state index contributed by atoms with van der Waals surface area (Å²) in [5.74, 6) is 0.542. The lowest BCUT2D eigenvalue weighted by Gasteiger charge is -2.47. The number of nitrogens with zero attached hydrogens (tertiary/aromatic N) is 1. The molecule has 0 bridgehead atoms. The van der Waals surface area contributed by atoms with Crippen molar-refractivity contribution in [1.82, 2.24) is 4.90 Å². The summed E-state index contributed by atoms with van der Waals surface area (Å²) < 4.78 is 6.65. The first-order valence-corrected chi connectivity index (χ1v) is 8.77. The van der Waals surface area contributed by atoms with E-state index in [1.165, 1.54) is 7.11 Å². The van der Waals surface area contributed by atoms with E-state index < -0.39 is 5.60 Å². The van der Waals surface area contributed by atoms with Crippen molar-refractivity contribution < 1.29 is 14.9 Å². The van der Waals surface area contributed by atoms with Crippen LogP contribution in [0.4, 0.5) is 0 Å². The minimum Gasteiger partial charge on any atom is -0.503 e. The van der Waals surface area contributed by atoms with E-state index in [1.54, 1.807) is 6.07 Å². The van der Waals surface area contributed by atoms with Crippen LogP contribution in [0.15, 0.2) is 45.3 Å². The Labute approximate surface area is 152 Å². The van der Waals surface area contributed by atoms with Crippen LogP contribution in [0, 0.1) is 0 Å². The number of hydrogen-bond donors (Lipinski definition) is 2. The predicted molar refractivity (Wildman–Crippen MR) is 95.7 cm³/mol. The van der Waals surface area contributed by atoms with Crippen LogP contribution < -0.4 is 4.74 Å². The van der Waals surface area contributed by atoms with Gasteiger partial charge in [0.05, 0.1) is 11.6 Å². The number of benzene rings is 2. The summed E-state index contributed by atoms with van der Waals surface area (Å²) in [5.41, 5.74) is 1.03. The molecule has 1 aliphatic heterocycles. The van der Waals surface area contributed by atoms with Crippen LogP contribution in [0.25, 0.3) is 0 Å². The van der Waals surface area contributed by atoms with Crippen molar-refractivity contribution in [2.24, 2.45) is 0 Å². The van der Waals surface area contributed by atoms with Crippen LogP contribution in [0.1, 0.15) is 11.1 Å². The van der Waals surface area contributed by atoms with E-state index in [0.717, 1.165) is 15.6 Å². The number of ether oxygens (including phenoxy) is 1. The normalized spacial score (nSPS) is 16.9. The van der Waals surface area contributed by atoms with Crippen molar-refractivity contribution >= 4 is 31.9 Å². The monoisotopic (exact) mass is 441 g/mol. The van der Waals surface area contributed by atoms with Gasteiger partial charge < -0.3 is 14.9 Å². The Morgan fingerprint density at radius 2 is 1.87 bits per heavy atom. The second-order valence-corrected chi connectivity index (χ2v) is 7.39. The molecule has 3 rings (SSSR count). The summed E-state index contributed by atoms with van der Waals surface area (Å²) in [6.45, 7) is 1.74. The lowest BCUT2D eigenvalue weighted by atomic mass is 9.86. The average Bonchev–Trinajstić information content (AvgIpc) is 2.50. The van der Waals surface area contributed by atoms with Crippen LogP contribution in [-0.4, -0.2) is 35.3 Å². The minimum absolute atomic E-state index is 0.103. The van der Waals surface area contributed by atoms with Gasteiger partial charge in [-0.15, -0.1) is 0 Å². The molecule has 6 heteroatoms. The van der Waals surface area contributed by atoms with Crippen LogP contribution in [0.3, 0.4) is 0 Å². The molecule has 2 aromatic carbocycles. The van der Waals surface area contributed by atoms with E-state index in [4.69, 9.17) is 4.74 Å². The molecule has 0 atom stereocenters. The maximum absolute atomic E-state index is 10.8. The number of β-amino-alcohol motifs (C(OH)–C–C–N with tert-alkyl or cyclic N) is 1. The summed E-state index contributed by atoms with van der Waals surface area (Å²) in [7, 11) is 1.52. The van der Waals surface area contributed by atoms with Crippen molar-refractivity contribution in [2.75, 3.05) is 20.2 Å². The molecule has 1 saturated heterocycles. The number of halogens is 2. The van der Waals surface area contributed by atoms with Gasteiger partial charge in [-0.3, -0.25) is 4.90 Å². The van der Waals surface area contributed by atoms with Gasteiger partial charge in [-0.05, 0) is 33.6 Å². The number of rotatable bonds is 4. The first kappa shape index (κ1) is 16.8. The standard InChI is InChI=1S/C17H17Br2NO3/c1-23-14-7-6-11(15(19)16(14)21)8-20-9-17(22,10-20)12-4-2-3-5-13(12)18/h2-7,21-22H,8-10H2,1H3. The van der Waals surface area contributed by atoms with E-state index in [0.29, 0.717) is 29.9 Å². The largest absolute Gasteiger partial charge is 0.503 e. The zero-order valence-electron chi connectivity index (χ0n) is 12.6. The molecule has 1 aliphatic rings. The molecule has 2 N–H and O–H groups in total. The van der Waals surface area contributed by atoms with Crippen molar-refractivity contribution in [3.63, 3.8) is 0 Å². The van der Waals surface area contributed by atoms with Gasteiger partial charge in [0.2, 0.25) is 0 Å². The molecule has 0 spiro atoms. The minimum atomic E-state index is -0.832. The Morgan fingerprint density at radius 3 is 2.52 bits per heavy atom. The number of hydrogen-bond acceptors (Lipinski definition) is 4. The van der Waals surface area contributed by atoms with Gasteiger partial charge in [-0.2, -0.15) is 0 Å². The zero-order valence-corrected chi connectivity index (χ0v) is 15.8. The lowest BCUT2D eigenvalue weighted by Crippen LogP contribution is -2.58. The molecule has 4 nitrogen and oxygen atoms in total. The highest BCUT2D eigenvalue weighted by molar-refractivity contribution is 9.10. The molecule has 0 radical (unpaired) electrons. The summed E-state index contributed by atoms with van der Waals surface area (Å²) >= 11 is 6.91. The Hall–Kier alpha value is -1.08. The fourth-order valence-electron chi connectivity index (χ4n) is 2.93. The molecule has 0 amide bonds. The third-order valence-electron chi connectivity index (χ3n) is 4.12. The molecule has 2 aromatic rings. The Bertz CT molecular complexity index is 730. The van der Waals surface area contributed by atoms with Crippen molar-refractivity contribution in [1.29, 1.82) is 0 Å². The number of likely N-dealkylation sites (tertiary alicyclic amines) is 1. The molecule has 23 heavy (non-hydrogen) atoms. The topological polar surface area (TPSA) is 52.9 Å². The van der Waals surface area contributed by atoms with E-state index in [1.807, 2.05) is 30.3 Å². The van der Waals surface area contributed by atoms with Crippen molar-refractivity contribution in [3.8, 4) is 11.5 Å². The van der Waals surface area contributed by atoms with Crippen LogP contribution >= 0.6 is 31.9 Å². The number of phenols is 1. The van der Waals surface area contributed by atoms with Crippen molar-refractivity contribution in [3.05, 3.63) is 56.5 Å².